The zero-order chi connectivity index (χ0) is 22.2. The van der Waals surface area contributed by atoms with Gasteiger partial charge >= 0.3 is 0 Å². The van der Waals surface area contributed by atoms with Gasteiger partial charge in [-0.05, 0) is 56.7 Å². The van der Waals surface area contributed by atoms with Gasteiger partial charge in [0.1, 0.15) is 5.78 Å². The molecule has 1 aliphatic heterocycles. The molecule has 170 valence electrons. The summed E-state index contributed by atoms with van der Waals surface area (Å²) in [4.78, 5) is 32.9. The first-order valence-electron chi connectivity index (χ1n) is 11.4. The number of nitrogens with zero attached hydrogens (tertiary/aromatic N) is 2. The van der Waals surface area contributed by atoms with Gasteiger partial charge in [0.15, 0.2) is 5.13 Å². The van der Waals surface area contributed by atoms with E-state index in [4.69, 9.17) is 32.9 Å². The Bertz CT molecular complexity index is 1000. The maximum atomic E-state index is 13.8. The summed E-state index contributed by atoms with van der Waals surface area (Å²) >= 11 is 13.9. The van der Waals surface area contributed by atoms with Gasteiger partial charge in [-0.3, -0.25) is 14.5 Å². The van der Waals surface area contributed by atoms with Crippen molar-refractivity contribution in [3.63, 3.8) is 0 Å². The number of Topliss-reactive ketones (excluding diaryl/α,β-unsaturated/α-hetero) is 1. The van der Waals surface area contributed by atoms with Crippen LogP contribution in [0.5, 0.6) is 0 Å². The van der Waals surface area contributed by atoms with Crippen LogP contribution in [0.4, 0.5) is 5.13 Å². The summed E-state index contributed by atoms with van der Waals surface area (Å²) in [5.74, 6) is 0.408. The van der Waals surface area contributed by atoms with Crippen molar-refractivity contribution in [2.45, 2.75) is 51.0 Å². The Kier molecular flexibility index (Phi) is 6.57. The molecule has 3 fully saturated rings. The third-order valence-electron chi connectivity index (χ3n) is 7.00. The summed E-state index contributed by atoms with van der Waals surface area (Å²) < 4.78 is 5.85. The van der Waals surface area contributed by atoms with E-state index in [-0.39, 0.29) is 29.8 Å². The number of ketones is 1. The molecule has 8 heteroatoms. The first-order chi connectivity index (χ1) is 15.5. The summed E-state index contributed by atoms with van der Waals surface area (Å²) in [6, 6.07) is 5.34. The zero-order valence-electron chi connectivity index (χ0n) is 17.8. The second-order valence-electron chi connectivity index (χ2n) is 9.12. The smallest absolute Gasteiger partial charge is 0.232 e. The highest BCUT2D eigenvalue weighted by Gasteiger charge is 2.43. The minimum atomic E-state index is -0.129. The van der Waals surface area contributed by atoms with E-state index in [1.807, 2.05) is 16.3 Å². The number of anilines is 1. The van der Waals surface area contributed by atoms with Gasteiger partial charge < -0.3 is 4.74 Å². The SMILES string of the molecule is O=C1[C@@H]2CCC[C@H]1CC(C(=O)N(C[C@H]1CCCO1)c1nc(-c3ccc(Cl)cc3Cl)cs1)C2. The number of benzene rings is 1. The maximum Gasteiger partial charge on any atom is 0.232 e. The molecule has 2 bridgehead atoms. The second-order valence-corrected chi connectivity index (χ2v) is 10.8. The number of rotatable bonds is 5. The van der Waals surface area contributed by atoms with Gasteiger partial charge in [-0.1, -0.05) is 29.6 Å². The van der Waals surface area contributed by atoms with Crippen molar-refractivity contribution < 1.29 is 14.3 Å². The summed E-state index contributed by atoms with van der Waals surface area (Å²) in [5, 5.41) is 3.69. The highest BCUT2D eigenvalue weighted by molar-refractivity contribution is 7.14. The number of hydrogen-bond acceptors (Lipinski definition) is 5. The number of halogens is 2. The lowest BCUT2D eigenvalue weighted by molar-refractivity contribution is -0.136. The molecule has 1 aromatic carbocycles. The van der Waals surface area contributed by atoms with Crippen molar-refractivity contribution in [2.24, 2.45) is 17.8 Å². The molecule has 0 radical (unpaired) electrons. The molecule has 32 heavy (non-hydrogen) atoms. The van der Waals surface area contributed by atoms with Gasteiger partial charge in [0.25, 0.3) is 0 Å². The van der Waals surface area contributed by atoms with E-state index in [9.17, 15) is 9.59 Å². The zero-order valence-corrected chi connectivity index (χ0v) is 20.1. The average molecular weight is 493 g/mol. The summed E-state index contributed by atoms with van der Waals surface area (Å²) in [6.07, 6.45) is 6.24. The Morgan fingerprint density at radius 1 is 1.16 bits per heavy atom. The van der Waals surface area contributed by atoms with Gasteiger partial charge in [-0.2, -0.15) is 0 Å². The van der Waals surface area contributed by atoms with E-state index < -0.39 is 0 Å². The Morgan fingerprint density at radius 2 is 1.94 bits per heavy atom. The Balaban J connectivity index is 1.42. The van der Waals surface area contributed by atoms with Crippen LogP contribution in [-0.4, -0.2) is 35.9 Å². The van der Waals surface area contributed by atoms with Crippen LogP contribution in [0.3, 0.4) is 0 Å². The monoisotopic (exact) mass is 492 g/mol. The lowest BCUT2D eigenvalue weighted by Gasteiger charge is -2.38. The lowest BCUT2D eigenvalue weighted by Crippen LogP contribution is -2.46. The largest absolute Gasteiger partial charge is 0.376 e. The standard InChI is InChI=1S/C24H26Cl2N2O3S/c25-17-6-7-19(20(26)11-17)21-13-32-24(27-21)28(12-18-5-2-8-31-18)23(30)16-9-14-3-1-4-15(10-16)22(14)29/h6-7,11,13-16,18H,1-5,8-10,12H2/t14-,15+,16?,18-/m1/s1. The fourth-order valence-electron chi connectivity index (χ4n) is 5.37. The first-order valence-corrected chi connectivity index (χ1v) is 13.0. The first kappa shape index (κ1) is 22.3. The molecule has 2 aliphatic carbocycles. The van der Waals surface area contributed by atoms with E-state index in [1.54, 1.807) is 12.1 Å². The van der Waals surface area contributed by atoms with E-state index in [0.717, 1.165) is 50.0 Å². The molecule has 3 aliphatic rings. The van der Waals surface area contributed by atoms with Crippen LogP contribution in [0.1, 0.15) is 44.9 Å². The molecular weight excluding hydrogens is 467 g/mol. The van der Waals surface area contributed by atoms with Crippen LogP contribution in [0.15, 0.2) is 23.6 Å². The quantitative estimate of drug-likeness (QED) is 0.511. The number of fused-ring (bicyclic) bond motifs is 2. The van der Waals surface area contributed by atoms with Gasteiger partial charge in [0, 0.05) is 40.3 Å². The van der Waals surface area contributed by atoms with Gasteiger partial charge in [0.05, 0.1) is 23.4 Å². The average Bonchev–Trinajstić information content (AvgIpc) is 3.43. The molecule has 0 N–H and O–H groups in total. The second kappa shape index (κ2) is 9.41. The van der Waals surface area contributed by atoms with Crippen LogP contribution in [-0.2, 0) is 14.3 Å². The van der Waals surface area contributed by atoms with Crippen molar-refractivity contribution in [1.29, 1.82) is 0 Å². The van der Waals surface area contributed by atoms with Crippen molar-refractivity contribution in [1.82, 2.24) is 4.98 Å². The highest BCUT2D eigenvalue weighted by atomic mass is 35.5. The molecule has 2 saturated carbocycles. The minimum Gasteiger partial charge on any atom is -0.376 e. The fraction of sp³-hybridized carbons (Fsp3) is 0.542. The molecule has 0 spiro atoms. The molecule has 1 aromatic heterocycles. The topological polar surface area (TPSA) is 59.5 Å². The summed E-state index contributed by atoms with van der Waals surface area (Å²) in [7, 11) is 0. The molecule has 4 atom stereocenters. The predicted octanol–water partition coefficient (Wildman–Crippen LogP) is 6.02. The molecular formula is C24H26Cl2N2O3S. The van der Waals surface area contributed by atoms with Crippen LogP contribution in [0.25, 0.3) is 11.3 Å². The molecule has 5 rings (SSSR count). The number of amides is 1. The molecule has 1 amide bonds. The van der Waals surface area contributed by atoms with Crippen molar-refractivity contribution in [3.05, 3.63) is 33.6 Å². The Morgan fingerprint density at radius 3 is 2.62 bits per heavy atom. The molecule has 1 unspecified atom stereocenters. The minimum absolute atomic E-state index is 0.0233. The van der Waals surface area contributed by atoms with Gasteiger partial charge in [-0.25, -0.2) is 4.98 Å². The van der Waals surface area contributed by atoms with Crippen molar-refractivity contribution in [3.8, 4) is 11.3 Å². The third-order valence-corrected chi connectivity index (χ3v) is 8.41. The number of ether oxygens (including phenoxy) is 1. The molecule has 5 nitrogen and oxygen atoms in total. The summed E-state index contributed by atoms with van der Waals surface area (Å²) in [6.45, 7) is 1.23. The fourth-order valence-corrected chi connectivity index (χ4v) is 6.71. The Labute approximate surface area is 202 Å². The predicted molar refractivity (Wildman–Crippen MR) is 127 cm³/mol. The molecule has 2 heterocycles. The number of thiazole rings is 1. The van der Waals surface area contributed by atoms with E-state index >= 15 is 0 Å². The highest BCUT2D eigenvalue weighted by Crippen LogP contribution is 2.42. The van der Waals surface area contributed by atoms with E-state index in [0.29, 0.717) is 40.3 Å². The van der Waals surface area contributed by atoms with E-state index in [2.05, 4.69) is 0 Å². The van der Waals surface area contributed by atoms with Crippen LogP contribution in [0.2, 0.25) is 10.0 Å². The molecule has 1 saturated heterocycles. The van der Waals surface area contributed by atoms with Crippen LogP contribution >= 0.6 is 34.5 Å². The van der Waals surface area contributed by atoms with Gasteiger partial charge in [0.2, 0.25) is 5.91 Å². The van der Waals surface area contributed by atoms with Crippen molar-refractivity contribution >= 4 is 51.4 Å². The lowest BCUT2D eigenvalue weighted by atomic mass is 9.67. The normalized spacial score (nSPS) is 27.5. The molecule has 2 aromatic rings. The number of hydrogen-bond donors (Lipinski definition) is 0. The third kappa shape index (κ3) is 4.47. The maximum absolute atomic E-state index is 13.8. The van der Waals surface area contributed by atoms with E-state index in [1.165, 1.54) is 11.3 Å². The number of aromatic nitrogens is 1. The van der Waals surface area contributed by atoms with Crippen LogP contribution < -0.4 is 4.90 Å². The van der Waals surface area contributed by atoms with Crippen LogP contribution in [0, 0.1) is 17.8 Å². The Hall–Kier alpha value is -1.47. The number of carbonyl (C=O) groups excluding carboxylic acids is 2. The van der Waals surface area contributed by atoms with Crippen molar-refractivity contribution in [2.75, 3.05) is 18.1 Å². The summed E-state index contributed by atoms with van der Waals surface area (Å²) in [5.41, 5.74) is 1.52. The number of carbonyl (C=O) groups is 2. The van der Waals surface area contributed by atoms with Gasteiger partial charge in [-0.15, -0.1) is 11.3 Å².